The number of nitrogens with zero attached hydrogens (tertiary/aromatic N) is 3. The topological polar surface area (TPSA) is 106 Å². The number of rotatable bonds is 7. The van der Waals surface area contributed by atoms with Gasteiger partial charge in [-0.05, 0) is 46.6 Å². The lowest BCUT2D eigenvalue weighted by molar-refractivity contribution is -0.139. The molecule has 2 heterocycles. The third-order valence-corrected chi connectivity index (χ3v) is 4.92. The number of carboxylic acids is 1. The van der Waals surface area contributed by atoms with Gasteiger partial charge in [-0.15, -0.1) is 0 Å². The number of aromatic nitrogens is 3. The summed E-state index contributed by atoms with van der Waals surface area (Å²) in [6.07, 6.45) is 2.29. The van der Waals surface area contributed by atoms with Gasteiger partial charge in [-0.2, -0.15) is 5.10 Å². The summed E-state index contributed by atoms with van der Waals surface area (Å²) in [4.78, 5) is 29.4. The minimum absolute atomic E-state index is 0.196. The number of fused-ring (bicyclic) bond motifs is 1. The molecule has 1 aliphatic carbocycles. The number of carboxylic acid groups (broad SMARTS) is 1. The number of carbonyl (C=O) groups excluding carboxylic acids is 1. The lowest BCUT2D eigenvalue weighted by Crippen LogP contribution is -2.41. The Morgan fingerprint density at radius 2 is 2.07 bits per heavy atom. The number of methoxy groups -OCH3 is 1. The molecule has 0 saturated heterocycles. The number of pyridine rings is 1. The normalized spacial score (nSPS) is 15.6. The number of carbonyl (C=O) groups is 2. The fourth-order valence-electron chi connectivity index (χ4n) is 3.27. The second kappa shape index (κ2) is 7.50. The Morgan fingerprint density at radius 1 is 1.39 bits per heavy atom. The van der Waals surface area contributed by atoms with Crippen LogP contribution in [0, 0.1) is 6.92 Å². The monoisotopic (exact) mass is 388 g/mol. The van der Waals surface area contributed by atoms with Crippen LogP contribution >= 0.6 is 0 Å². The fraction of sp³-hybridized carbons (Fsp3) is 0.600. The molecule has 1 amide bonds. The molecule has 8 heteroatoms. The molecule has 0 aliphatic heterocycles. The van der Waals surface area contributed by atoms with Crippen LogP contribution in [0.4, 0.5) is 0 Å². The zero-order chi connectivity index (χ0) is 20.6. The van der Waals surface area contributed by atoms with Crippen LogP contribution in [-0.2, 0) is 15.1 Å². The van der Waals surface area contributed by atoms with Gasteiger partial charge < -0.3 is 15.2 Å². The van der Waals surface area contributed by atoms with E-state index in [4.69, 9.17) is 9.72 Å². The molecule has 2 aromatic rings. The van der Waals surface area contributed by atoms with Crippen LogP contribution in [0.15, 0.2) is 6.07 Å². The van der Waals surface area contributed by atoms with Gasteiger partial charge in [-0.1, -0.05) is 0 Å². The van der Waals surface area contributed by atoms with E-state index in [2.05, 4.69) is 10.4 Å². The Balaban J connectivity index is 2.07. The first-order valence-corrected chi connectivity index (χ1v) is 9.56. The number of amides is 1. The average molecular weight is 388 g/mol. The molecule has 1 saturated carbocycles. The highest BCUT2D eigenvalue weighted by Gasteiger charge is 2.31. The van der Waals surface area contributed by atoms with E-state index in [0.29, 0.717) is 28.2 Å². The van der Waals surface area contributed by atoms with Crippen LogP contribution in [0.1, 0.15) is 67.7 Å². The molecule has 152 valence electrons. The van der Waals surface area contributed by atoms with Crippen molar-refractivity contribution >= 4 is 22.9 Å². The summed E-state index contributed by atoms with van der Waals surface area (Å²) in [5.41, 5.74) is 2.38. The lowest BCUT2D eigenvalue weighted by Gasteiger charge is -2.20. The maximum Gasteiger partial charge on any atom is 0.326 e. The van der Waals surface area contributed by atoms with Crippen molar-refractivity contribution in [3.8, 4) is 0 Å². The van der Waals surface area contributed by atoms with E-state index in [0.717, 1.165) is 18.5 Å². The van der Waals surface area contributed by atoms with Gasteiger partial charge in [0.05, 0.1) is 22.2 Å². The van der Waals surface area contributed by atoms with Crippen molar-refractivity contribution in [3.05, 3.63) is 23.0 Å². The van der Waals surface area contributed by atoms with Crippen molar-refractivity contribution in [1.82, 2.24) is 20.1 Å². The van der Waals surface area contributed by atoms with E-state index >= 15 is 0 Å². The largest absolute Gasteiger partial charge is 0.480 e. The molecule has 0 bridgehead atoms. The number of nitrogens with one attached hydrogen (secondary N) is 1. The summed E-state index contributed by atoms with van der Waals surface area (Å²) in [5.74, 6) is -1.15. The van der Waals surface area contributed by atoms with Gasteiger partial charge in [0.1, 0.15) is 6.04 Å². The van der Waals surface area contributed by atoms with Crippen LogP contribution in [0.3, 0.4) is 0 Å². The Hall–Kier alpha value is -2.48. The highest BCUT2D eigenvalue weighted by molar-refractivity contribution is 6.07. The van der Waals surface area contributed by atoms with E-state index < -0.39 is 17.9 Å². The minimum atomic E-state index is -1.08. The number of hydrogen-bond acceptors (Lipinski definition) is 5. The van der Waals surface area contributed by atoms with Crippen molar-refractivity contribution in [3.63, 3.8) is 0 Å². The molecular formula is C20H28N4O4. The molecule has 1 atom stereocenters. The first kappa shape index (κ1) is 20.3. The number of hydrogen-bond donors (Lipinski definition) is 2. The molecule has 2 aromatic heterocycles. The van der Waals surface area contributed by atoms with Crippen LogP contribution in [0.2, 0.25) is 0 Å². The van der Waals surface area contributed by atoms with Gasteiger partial charge in [0.15, 0.2) is 5.65 Å². The predicted molar refractivity (Wildman–Crippen MR) is 105 cm³/mol. The Kier molecular flexibility index (Phi) is 5.43. The summed E-state index contributed by atoms with van der Waals surface area (Å²) in [5, 5.41) is 17.4. The molecule has 1 unspecified atom stereocenters. The van der Waals surface area contributed by atoms with Crippen molar-refractivity contribution in [2.24, 2.45) is 0 Å². The molecule has 1 aliphatic rings. The highest BCUT2D eigenvalue weighted by atomic mass is 16.5. The molecule has 8 nitrogen and oxygen atoms in total. The van der Waals surface area contributed by atoms with Gasteiger partial charge in [0.2, 0.25) is 0 Å². The van der Waals surface area contributed by atoms with Crippen molar-refractivity contribution in [2.45, 2.75) is 64.5 Å². The maximum absolute atomic E-state index is 13.1. The van der Waals surface area contributed by atoms with E-state index in [1.807, 2.05) is 32.4 Å². The SMILES string of the molecule is COCCC(NC(=O)c1cc(C2CC2)nc2c1c(C)nn2C(C)(C)C)C(=O)O. The first-order chi connectivity index (χ1) is 13.1. The van der Waals surface area contributed by atoms with Gasteiger partial charge >= 0.3 is 5.97 Å². The minimum Gasteiger partial charge on any atom is -0.480 e. The van der Waals surface area contributed by atoms with Crippen LogP contribution in [0.25, 0.3) is 11.0 Å². The van der Waals surface area contributed by atoms with Gasteiger partial charge in [-0.3, -0.25) is 4.79 Å². The first-order valence-electron chi connectivity index (χ1n) is 9.56. The lowest BCUT2D eigenvalue weighted by atomic mass is 10.1. The molecule has 0 aromatic carbocycles. The van der Waals surface area contributed by atoms with Gasteiger partial charge in [-0.25, -0.2) is 14.5 Å². The van der Waals surface area contributed by atoms with E-state index in [1.54, 1.807) is 6.07 Å². The Bertz CT molecular complexity index is 909. The summed E-state index contributed by atoms with van der Waals surface area (Å²) in [6, 6.07) is 0.782. The summed E-state index contributed by atoms with van der Waals surface area (Å²) in [6.45, 7) is 8.21. The van der Waals surface area contributed by atoms with Crippen LogP contribution in [-0.4, -0.2) is 51.5 Å². The number of aryl methyl sites for hydroxylation is 1. The third kappa shape index (κ3) is 4.01. The number of aliphatic carboxylic acids is 1. The van der Waals surface area contributed by atoms with Crippen LogP contribution < -0.4 is 5.32 Å². The summed E-state index contributed by atoms with van der Waals surface area (Å²) < 4.78 is 6.81. The molecule has 0 radical (unpaired) electrons. The molecule has 28 heavy (non-hydrogen) atoms. The second-order valence-corrected chi connectivity index (χ2v) is 8.38. The third-order valence-electron chi connectivity index (χ3n) is 4.92. The van der Waals surface area contributed by atoms with Crippen molar-refractivity contribution in [1.29, 1.82) is 0 Å². The standard InChI is InChI=1S/C20H28N4O4/c1-11-16-13(18(25)22-14(19(26)27)8-9-28-5)10-15(12-6-7-12)21-17(16)24(23-11)20(2,3)4/h10,12,14H,6-9H2,1-5H3,(H,22,25)(H,26,27). The molecule has 0 spiro atoms. The second-order valence-electron chi connectivity index (χ2n) is 8.38. The molecule has 3 rings (SSSR count). The Labute approximate surface area is 164 Å². The fourth-order valence-corrected chi connectivity index (χ4v) is 3.27. The summed E-state index contributed by atoms with van der Waals surface area (Å²) in [7, 11) is 1.50. The van der Waals surface area contributed by atoms with Gasteiger partial charge in [0, 0.05) is 31.7 Å². The highest BCUT2D eigenvalue weighted by Crippen LogP contribution is 2.41. The zero-order valence-corrected chi connectivity index (χ0v) is 17.1. The van der Waals surface area contributed by atoms with E-state index in [-0.39, 0.29) is 18.6 Å². The molecule has 1 fully saturated rings. The number of ether oxygens (including phenoxy) is 1. The van der Waals surface area contributed by atoms with E-state index in [1.165, 1.54) is 7.11 Å². The maximum atomic E-state index is 13.1. The Morgan fingerprint density at radius 3 is 2.61 bits per heavy atom. The zero-order valence-electron chi connectivity index (χ0n) is 17.1. The smallest absolute Gasteiger partial charge is 0.326 e. The average Bonchev–Trinajstić information content (AvgIpc) is 3.40. The van der Waals surface area contributed by atoms with Crippen molar-refractivity contribution in [2.75, 3.05) is 13.7 Å². The van der Waals surface area contributed by atoms with Crippen molar-refractivity contribution < 1.29 is 19.4 Å². The molecule has 2 N–H and O–H groups in total. The van der Waals surface area contributed by atoms with E-state index in [9.17, 15) is 14.7 Å². The van der Waals surface area contributed by atoms with Gasteiger partial charge in [0.25, 0.3) is 5.91 Å². The van der Waals surface area contributed by atoms with Crippen LogP contribution in [0.5, 0.6) is 0 Å². The molecular weight excluding hydrogens is 360 g/mol. The predicted octanol–water partition coefficient (Wildman–Crippen LogP) is 2.59. The summed E-state index contributed by atoms with van der Waals surface area (Å²) >= 11 is 0. The quantitative estimate of drug-likeness (QED) is 0.755.